The van der Waals surface area contributed by atoms with Crippen LogP contribution in [0.25, 0.3) is 0 Å². The van der Waals surface area contributed by atoms with E-state index in [-0.39, 0.29) is 17.4 Å². The first-order valence-electron chi connectivity index (χ1n) is 5.10. The Kier molecular flexibility index (Phi) is 3.34. The van der Waals surface area contributed by atoms with E-state index in [1.807, 2.05) is 0 Å². The number of carbonyl (C=O) groups excluding carboxylic acids is 1. The Bertz CT molecular complexity index is 545. The van der Waals surface area contributed by atoms with E-state index in [1.54, 1.807) is 24.4 Å². The van der Waals surface area contributed by atoms with Crippen molar-refractivity contribution in [3.63, 3.8) is 0 Å². The highest BCUT2D eigenvalue weighted by atomic mass is 16.3. The Hall–Kier alpha value is -2.37. The van der Waals surface area contributed by atoms with Crippen LogP contribution >= 0.6 is 0 Å². The molecule has 0 aliphatic carbocycles. The van der Waals surface area contributed by atoms with Crippen molar-refractivity contribution in [3.05, 3.63) is 53.1 Å². The van der Waals surface area contributed by atoms with Gasteiger partial charge in [0, 0.05) is 25.5 Å². The van der Waals surface area contributed by atoms with Gasteiger partial charge in [-0.1, -0.05) is 0 Å². The van der Waals surface area contributed by atoms with E-state index < -0.39 is 0 Å². The molecule has 2 heterocycles. The molecule has 0 atom stereocenters. The lowest BCUT2D eigenvalue weighted by Crippen LogP contribution is -2.31. The van der Waals surface area contributed by atoms with Crippen molar-refractivity contribution in [1.82, 2.24) is 14.9 Å². The second-order valence-corrected chi connectivity index (χ2v) is 3.33. The fraction of sp³-hybridized carbons (Fsp3) is 0.182. The zero-order valence-electron chi connectivity index (χ0n) is 9.00. The van der Waals surface area contributed by atoms with Crippen molar-refractivity contribution < 1.29 is 9.21 Å². The van der Waals surface area contributed by atoms with Gasteiger partial charge in [-0.25, -0.2) is 9.78 Å². The maximum Gasteiger partial charge on any atom is 0.347 e. The van der Waals surface area contributed by atoms with Crippen LogP contribution in [0, 0.1) is 0 Å². The fourth-order valence-electron chi connectivity index (χ4n) is 1.34. The topological polar surface area (TPSA) is 77.1 Å². The molecule has 0 bridgehead atoms. The fourth-order valence-corrected chi connectivity index (χ4v) is 1.34. The van der Waals surface area contributed by atoms with Crippen molar-refractivity contribution in [2.24, 2.45) is 0 Å². The van der Waals surface area contributed by atoms with Crippen LogP contribution < -0.4 is 11.0 Å². The van der Waals surface area contributed by atoms with Crippen molar-refractivity contribution >= 4 is 5.91 Å². The Morgan fingerprint density at radius 3 is 3.06 bits per heavy atom. The van der Waals surface area contributed by atoms with Gasteiger partial charge in [-0.15, -0.1) is 0 Å². The number of furan rings is 1. The van der Waals surface area contributed by atoms with Gasteiger partial charge in [0.1, 0.15) is 0 Å². The van der Waals surface area contributed by atoms with E-state index in [9.17, 15) is 9.59 Å². The molecule has 0 spiro atoms. The van der Waals surface area contributed by atoms with Crippen LogP contribution in [0.5, 0.6) is 0 Å². The van der Waals surface area contributed by atoms with Crippen LogP contribution in [0.3, 0.4) is 0 Å². The summed E-state index contributed by atoms with van der Waals surface area (Å²) in [5, 5.41) is 2.64. The van der Waals surface area contributed by atoms with Crippen molar-refractivity contribution in [3.8, 4) is 0 Å². The average molecular weight is 233 g/mol. The summed E-state index contributed by atoms with van der Waals surface area (Å²) in [4.78, 5) is 26.3. The Balaban J connectivity index is 1.87. The number of aromatic nitrogens is 2. The molecule has 6 heteroatoms. The molecule has 0 radical (unpaired) electrons. The van der Waals surface area contributed by atoms with Gasteiger partial charge in [-0.3, -0.25) is 9.36 Å². The van der Waals surface area contributed by atoms with Crippen LogP contribution in [0.4, 0.5) is 0 Å². The van der Waals surface area contributed by atoms with Crippen molar-refractivity contribution in [2.45, 2.75) is 6.54 Å². The number of nitrogens with zero attached hydrogens (tertiary/aromatic N) is 2. The first-order valence-corrected chi connectivity index (χ1v) is 5.10. The smallest absolute Gasteiger partial charge is 0.347 e. The minimum Gasteiger partial charge on any atom is -0.459 e. The largest absolute Gasteiger partial charge is 0.459 e. The van der Waals surface area contributed by atoms with Gasteiger partial charge in [0.2, 0.25) is 0 Å². The first kappa shape index (κ1) is 11.1. The minimum absolute atomic E-state index is 0.253. The molecule has 0 saturated heterocycles. The summed E-state index contributed by atoms with van der Waals surface area (Å²) in [6.07, 6.45) is 4.48. The molecule has 1 N–H and O–H groups in total. The molecule has 2 aromatic rings. The van der Waals surface area contributed by atoms with E-state index in [0.717, 1.165) is 0 Å². The molecule has 0 aliphatic heterocycles. The molecule has 17 heavy (non-hydrogen) atoms. The highest BCUT2D eigenvalue weighted by Crippen LogP contribution is 1.98. The molecule has 2 rings (SSSR count). The molecular weight excluding hydrogens is 222 g/mol. The second kappa shape index (κ2) is 5.11. The van der Waals surface area contributed by atoms with E-state index in [1.165, 1.54) is 17.0 Å². The van der Waals surface area contributed by atoms with E-state index in [4.69, 9.17) is 4.42 Å². The monoisotopic (exact) mass is 233 g/mol. The molecular formula is C11H11N3O3. The van der Waals surface area contributed by atoms with Gasteiger partial charge >= 0.3 is 5.69 Å². The van der Waals surface area contributed by atoms with Gasteiger partial charge < -0.3 is 9.73 Å². The molecule has 0 aromatic carbocycles. The van der Waals surface area contributed by atoms with Gasteiger partial charge in [0.25, 0.3) is 5.91 Å². The minimum atomic E-state index is -0.334. The zero-order valence-corrected chi connectivity index (χ0v) is 9.00. The molecule has 0 saturated carbocycles. The number of carbonyl (C=O) groups is 1. The van der Waals surface area contributed by atoms with E-state index in [0.29, 0.717) is 13.1 Å². The maximum atomic E-state index is 11.5. The highest BCUT2D eigenvalue weighted by molar-refractivity contribution is 5.91. The summed E-state index contributed by atoms with van der Waals surface area (Å²) < 4.78 is 6.35. The number of amides is 1. The summed E-state index contributed by atoms with van der Waals surface area (Å²) in [5.41, 5.74) is -0.334. The lowest BCUT2D eigenvalue weighted by molar-refractivity contribution is 0.0924. The standard InChI is InChI=1S/C11H11N3O3/c15-10(9-3-1-8-17-9)12-5-7-14-6-2-4-13-11(14)16/h1-4,6,8H,5,7H2,(H,12,15). The molecule has 6 nitrogen and oxygen atoms in total. The maximum absolute atomic E-state index is 11.5. The van der Waals surface area contributed by atoms with Crippen LogP contribution in [-0.2, 0) is 6.54 Å². The third-order valence-corrected chi connectivity index (χ3v) is 2.17. The predicted octanol–water partition coefficient (Wildman–Crippen LogP) is 0.266. The van der Waals surface area contributed by atoms with E-state index >= 15 is 0 Å². The highest BCUT2D eigenvalue weighted by Gasteiger charge is 2.06. The van der Waals surface area contributed by atoms with Crippen LogP contribution in [0.1, 0.15) is 10.6 Å². The molecule has 2 aromatic heterocycles. The van der Waals surface area contributed by atoms with Gasteiger partial charge in [-0.2, -0.15) is 0 Å². The summed E-state index contributed by atoms with van der Waals surface area (Å²) in [7, 11) is 0. The number of nitrogens with one attached hydrogen (secondary N) is 1. The first-order chi connectivity index (χ1) is 8.27. The predicted molar refractivity (Wildman–Crippen MR) is 59.5 cm³/mol. The average Bonchev–Trinajstić information content (AvgIpc) is 2.85. The lowest BCUT2D eigenvalue weighted by atomic mass is 10.4. The Morgan fingerprint density at radius 1 is 1.47 bits per heavy atom. The quantitative estimate of drug-likeness (QED) is 0.822. The molecule has 0 aliphatic rings. The van der Waals surface area contributed by atoms with Crippen LogP contribution in [0.2, 0.25) is 0 Å². The summed E-state index contributed by atoms with van der Waals surface area (Å²) in [6, 6.07) is 4.88. The van der Waals surface area contributed by atoms with Crippen molar-refractivity contribution in [1.29, 1.82) is 0 Å². The molecule has 1 amide bonds. The SMILES string of the molecule is O=C(NCCn1cccnc1=O)c1ccco1. The third-order valence-electron chi connectivity index (χ3n) is 2.17. The molecule has 0 unspecified atom stereocenters. The van der Waals surface area contributed by atoms with Gasteiger partial charge in [-0.05, 0) is 18.2 Å². The summed E-state index contributed by atoms with van der Waals surface area (Å²) >= 11 is 0. The lowest BCUT2D eigenvalue weighted by Gasteiger charge is -2.05. The Morgan fingerprint density at radius 2 is 2.35 bits per heavy atom. The molecule has 88 valence electrons. The second-order valence-electron chi connectivity index (χ2n) is 3.33. The Labute approximate surface area is 96.9 Å². The zero-order chi connectivity index (χ0) is 12.1. The number of rotatable bonds is 4. The van der Waals surface area contributed by atoms with Gasteiger partial charge in [0.15, 0.2) is 5.76 Å². The summed E-state index contributed by atoms with van der Waals surface area (Å²) in [5.74, 6) is -0.0459. The van der Waals surface area contributed by atoms with Crippen LogP contribution in [-0.4, -0.2) is 22.0 Å². The third kappa shape index (κ3) is 2.81. The van der Waals surface area contributed by atoms with E-state index in [2.05, 4.69) is 10.3 Å². The van der Waals surface area contributed by atoms with Crippen molar-refractivity contribution in [2.75, 3.05) is 6.54 Å². The summed E-state index contributed by atoms with van der Waals surface area (Å²) in [6.45, 7) is 0.713. The number of hydrogen-bond donors (Lipinski definition) is 1. The van der Waals surface area contributed by atoms with Gasteiger partial charge in [0.05, 0.1) is 6.26 Å². The number of hydrogen-bond acceptors (Lipinski definition) is 4. The van der Waals surface area contributed by atoms with Crippen LogP contribution in [0.15, 0.2) is 46.1 Å². The normalized spacial score (nSPS) is 10.1. The molecule has 0 fully saturated rings.